The topological polar surface area (TPSA) is 57.5 Å². The molecule has 1 aliphatic rings. The van der Waals surface area contributed by atoms with Gasteiger partial charge in [0.25, 0.3) is 0 Å². The third kappa shape index (κ3) is 3.08. The Morgan fingerprint density at radius 2 is 1.64 bits per heavy atom. The third-order valence-electron chi connectivity index (χ3n) is 2.05. The Morgan fingerprint density at radius 1 is 1.18 bits per heavy atom. The van der Waals surface area contributed by atoms with Gasteiger partial charge in [-0.2, -0.15) is 0 Å². The number of hydrogen-bond acceptors (Lipinski definition) is 2. The van der Waals surface area contributed by atoms with Crippen LogP contribution < -0.4 is 0 Å². The highest BCUT2D eigenvalue weighted by Crippen LogP contribution is 2.23. The SMILES string of the molecule is Cl.O=C(O)C1CCC(O)CC1. The summed E-state index contributed by atoms with van der Waals surface area (Å²) in [5.41, 5.74) is 0. The first-order valence-corrected chi connectivity index (χ1v) is 3.61. The van der Waals surface area contributed by atoms with Gasteiger partial charge in [-0.15, -0.1) is 12.4 Å². The van der Waals surface area contributed by atoms with E-state index in [9.17, 15) is 4.79 Å². The van der Waals surface area contributed by atoms with Gasteiger partial charge in [-0.1, -0.05) is 0 Å². The molecule has 0 aromatic heterocycles. The molecular formula is C7H13ClO3. The first-order valence-electron chi connectivity index (χ1n) is 3.61. The molecule has 1 aliphatic carbocycles. The van der Waals surface area contributed by atoms with E-state index in [0.717, 1.165) is 0 Å². The van der Waals surface area contributed by atoms with Crippen molar-refractivity contribution in [1.82, 2.24) is 0 Å². The summed E-state index contributed by atoms with van der Waals surface area (Å²) >= 11 is 0. The van der Waals surface area contributed by atoms with Gasteiger partial charge in [0.1, 0.15) is 0 Å². The Kier molecular flexibility index (Phi) is 4.45. The largest absolute Gasteiger partial charge is 0.481 e. The summed E-state index contributed by atoms with van der Waals surface area (Å²) < 4.78 is 0. The monoisotopic (exact) mass is 180 g/mol. The van der Waals surface area contributed by atoms with Crippen LogP contribution in [0.4, 0.5) is 0 Å². The minimum absolute atomic E-state index is 0. The van der Waals surface area contributed by atoms with Crippen LogP contribution in [0.25, 0.3) is 0 Å². The Balaban J connectivity index is 0.000001000. The summed E-state index contributed by atoms with van der Waals surface area (Å²) in [6, 6.07) is 0. The number of carboxylic acid groups (broad SMARTS) is 1. The van der Waals surface area contributed by atoms with Crippen LogP contribution in [0.3, 0.4) is 0 Å². The predicted octanol–water partition coefficient (Wildman–Crippen LogP) is 1.04. The zero-order valence-electron chi connectivity index (χ0n) is 6.19. The van der Waals surface area contributed by atoms with Gasteiger partial charge in [0.05, 0.1) is 12.0 Å². The first kappa shape index (κ1) is 10.7. The molecule has 1 rings (SSSR count). The Labute approximate surface area is 71.8 Å². The van der Waals surface area contributed by atoms with Crippen molar-refractivity contribution >= 4 is 18.4 Å². The second kappa shape index (κ2) is 4.57. The van der Waals surface area contributed by atoms with Crippen LogP contribution in [-0.2, 0) is 4.79 Å². The summed E-state index contributed by atoms with van der Waals surface area (Å²) in [5, 5.41) is 17.6. The smallest absolute Gasteiger partial charge is 0.306 e. The number of aliphatic hydroxyl groups is 1. The number of carboxylic acids is 1. The predicted molar refractivity (Wildman–Crippen MR) is 42.8 cm³/mol. The molecule has 1 saturated carbocycles. The van der Waals surface area contributed by atoms with Gasteiger partial charge in [0, 0.05) is 0 Å². The van der Waals surface area contributed by atoms with Gasteiger partial charge in [-0.05, 0) is 25.7 Å². The molecule has 0 bridgehead atoms. The van der Waals surface area contributed by atoms with Crippen molar-refractivity contribution in [3.8, 4) is 0 Å². The molecule has 0 aliphatic heterocycles. The molecule has 0 unspecified atom stereocenters. The minimum atomic E-state index is -0.716. The zero-order valence-corrected chi connectivity index (χ0v) is 7.01. The number of aliphatic carboxylic acids is 1. The number of carbonyl (C=O) groups is 1. The van der Waals surface area contributed by atoms with Crippen molar-refractivity contribution in [3.63, 3.8) is 0 Å². The lowest BCUT2D eigenvalue weighted by molar-refractivity contribution is -0.143. The van der Waals surface area contributed by atoms with Crippen LogP contribution in [0.2, 0.25) is 0 Å². The van der Waals surface area contributed by atoms with Crippen LogP contribution in [0, 0.1) is 5.92 Å². The van der Waals surface area contributed by atoms with Crippen LogP contribution in [0.15, 0.2) is 0 Å². The lowest BCUT2D eigenvalue weighted by Gasteiger charge is -2.21. The number of aliphatic hydroxyl groups excluding tert-OH is 1. The van der Waals surface area contributed by atoms with Crippen molar-refractivity contribution in [2.45, 2.75) is 31.8 Å². The fourth-order valence-corrected chi connectivity index (χ4v) is 1.32. The molecule has 0 amide bonds. The first-order chi connectivity index (χ1) is 4.70. The van der Waals surface area contributed by atoms with Gasteiger partial charge >= 0.3 is 5.97 Å². The molecule has 0 saturated heterocycles. The Bertz CT molecular complexity index is 130. The number of rotatable bonds is 1. The van der Waals surface area contributed by atoms with E-state index in [0.29, 0.717) is 25.7 Å². The highest BCUT2D eigenvalue weighted by Gasteiger charge is 2.24. The summed E-state index contributed by atoms with van der Waals surface area (Å²) in [4.78, 5) is 10.4. The van der Waals surface area contributed by atoms with E-state index in [4.69, 9.17) is 10.2 Å². The third-order valence-corrected chi connectivity index (χ3v) is 2.05. The van der Waals surface area contributed by atoms with Crippen LogP contribution in [-0.4, -0.2) is 22.3 Å². The number of halogens is 1. The maximum Gasteiger partial charge on any atom is 0.306 e. The van der Waals surface area contributed by atoms with E-state index in [2.05, 4.69) is 0 Å². The van der Waals surface area contributed by atoms with Gasteiger partial charge in [0.2, 0.25) is 0 Å². The van der Waals surface area contributed by atoms with Crippen molar-refractivity contribution in [3.05, 3.63) is 0 Å². The van der Waals surface area contributed by atoms with Crippen molar-refractivity contribution in [2.24, 2.45) is 5.92 Å². The molecule has 11 heavy (non-hydrogen) atoms. The van der Waals surface area contributed by atoms with Gasteiger partial charge in [-0.3, -0.25) is 4.79 Å². The molecule has 66 valence electrons. The molecule has 0 aromatic carbocycles. The van der Waals surface area contributed by atoms with Gasteiger partial charge < -0.3 is 10.2 Å². The quantitative estimate of drug-likeness (QED) is 0.634. The van der Waals surface area contributed by atoms with E-state index in [1.807, 2.05) is 0 Å². The van der Waals surface area contributed by atoms with Crippen LogP contribution in [0.1, 0.15) is 25.7 Å². The Morgan fingerprint density at radius 3 is 2.00 bits per heavy atom. The number of hydrogen-bond donors (Lipinski definition) is 2. The normalized spacial score (nSPS) is 30.6. The van der Waals surface area contributed by atoms with Crippen LogP contribution in [0.5, 0.6) is 0 Å². The van der Waals surface area contributed by atoms with Crippen molar-refractivity contribution < 1.29 is 15.0 Å². The molecular weight excluding hydrogens is 168 g/mol. The summed E-state index contributed by atoms with van der Waals surface area (Å²) in [5.74, 6) is -0.921. The van der Waals surface area contributed by atoms with E-state index in [1.54, 1.807) is 0 Å². The summed E-state index contributed by atoms with van der Waals surface area (Å²) in [7, 11) is 0. The van der Waals surface area contributed by atoms with Crippen molar-refractivity contribution in [2.75, 3.05) is 0 Å². The van der Waals surface area contributed by atoms with E-state index in [-0.39, 0.29) is 24.4 Å². The maximum absolute atomic E-state index is 10.4. The minimum Gasteiger partial charge on any atom is -0.481 e. The molecule has 0 spiro atoms. The lowest BCUT2D eigenvalue weighted by Crippen LogP contribution is -2.23. The second-order valence-electron chi connectivity index (χ2n) is 2.84. The maximum atomic E-state index is 10.4. The molecule has 3 nitrogen and oxygen atoms in total. The highest BCUT2D eigenvalue weighted by molar-refractivity contribution is 5.85. The lowest BCUT2D eigenvalue weighted by atomic mass is 9.88. The molecule has 1 fully saturated rings. The molecule has 4 heteroatoms. The molecule has 0 heterocycles. The fraction of sp³-hybridized carbons (Fsp3) is 0.857. The van der Waals surface area contributed by atoms with Gasteiger partial charge in [-0.25, -0.2) is 0 Å². The van der Waals surface area contributed by atoms with Crippen LogP contribution >= 0.6 is 12.4 Å². The highest BCUT2D eigenvalue weighted by atomic mass is 35.5. The molecule has 0 atom stereocenters. The van der Waals surface area contributed by atoms with Gasteiger partial charge in [0.15, 0.2) is 0 Å². The van der Waals surface area contributed by atoms with Crippen molar-refractivity contribution in [1.29, 1.82) is 0 Å². The molecule has 2 N–H and O–H groups in total. The molecule has 0 aromatic rings. The fourth-order valence-electron chi connectivity index (χ4n) is 1.32. The summed E-state index contributed by atoms with van der Waals surface area (Å²) in [6.45, 7) is 0. The average Bonchev–Trinajstić information content (AvgIpc) is 1.88. The average molecular weight is 181 g/mol. The zero-order chi connectivity index (χ0) is 7.56. The molecule has 0 radical (unpaired) electrons. The standard InChI is InChI=1S/C7H12O3.ClH/c8-6-3-1-5(2-4-6)7(9)10;/h5-6,8H,1-4H2,(H,9,10);1H. The van der Waals surface area contributed by atoms with E-state index in [1.165, 1.54) is 0 Å². The second-order valence-corrected chi connectivity index (χ2v) is 2.84. The van der Waals surface area contributed by atoms with E-state index < -0.39 is 5.97 Å². The Hall–Kier alpha value is -0.280. The summed E-state index contributed by atoms with van der Waals surface area (Å²) in [6.07, 6.45) is 2.32. The van der Waals surface area contributed by atoms with E-state index >= 15 is 0 Å².